The second kappa shape index (κ2) is 5.25. The SMILES string of the molecule is Cl.N#CCC(=N)[O-]. The van der Waals surface area contributed by atoms with E-state index in [1.807, 2.05) is 0 Å². The molecule has 0 atom stereocenters. The summed E-state index contributed by atoms with van der Waals surface area (Å²) in [4.78, 5) is 0. The summed E-state index contributed by atoms with van der Waals surface area (Å²) in [6.45, 7) is 0. The van der Waals surface area contributed by atoms with Gasteiger partial charge in [-0.25, -0.2) is 0 Å². The van der Waals surface area contributed by atoms with Crippen molar-refractivity contribution >= 4 is 18.3 Å². The molecule has 0 aliphatic heterocycles. The fourth-order valence-corrected chi connectivity index (χ4v) is 0.0718. The number of nitriles is 1. The first-order valence-electron chi connectivity index (χ1n) is 1.38. The lowest BCUT2D eigenvalue weighted by atomic mass is 10.5. The second-order valence-corrected chi connectivity index (χ2v) is 0.758. The first-order valence-corrected chi connectivity index (χ1v) is 1.38. The Hall–Kier alpha value is -0.750. The summed E-state index contributed by atoms with van der Waals surface area (Å²) in [5, 5.41) is 23.2. The van der Waals surface area contributed by atoms with Gasteiger partial charge in [0.15, 0.2) is 0 Å². The average molecular weight is 120 g/mol. The minimum absolute atomic E-state index is 0. The van der Waals surface area contributed by atoms with Crippen LogP contribution in [-0.4, -0.2) is 5.90 Å². The van der Waals surface area contributed by atoms with Crippen LogP contribution < -0.4 is 5.11 Å². The van der Waals surface area contributed by atoms with Crippen LogP contribution >= 0.6 is 12.4 Å². The highest BCUT2D eigenvalue weighted by Gasteiger charge is 1.69. The molecule has 0 saturated carbocycles. The van der Waals surface area contributed by atoms with Crippen molar-refractivity contribution in [2.24, 2.45) is 0 Å². The Kier molecular flexibility index (Phi) is 7.15. The molecule has 1 N–H and O–H groups in total. The maximum atomic E-state index is 9.49. The van der Waals surface area contributed by atoms with Gasteiger partial charge in [-0.15, -0.1) is 12.4 Å². The van der Waals surface area contributed by atoms with Crippen LogP contribution in [0, 0.1) is 16.7 Å². The molecule has 0 aromatic rings. The van der Waals surface area contributed by atoms with Gasteiger partial charge >= 0.3 is 0 Å². The van der Waals surface area contributed by atoms with E-state index in [1.54, 1.807) is 0 Å². The molecular formula is C3H4ClN2O-. The van der Waals surface area contributed by atoms with E-state index >= 15 is 0 Å². The summed E-state index contributed by atoms with van der Waals surface area (Å²) < 4.78 is 0. The topological polar surface area (TPSA) is 70.7 Å². The van der Waals surface area contributed by atoms with Crippen LogP contribution in [0.4, 0.5) is 0 Å². The number of nitrogens with one attached hydrogen (secondary N) is 1. The van der Waals surface area contributed by atoms with Crippen LogP contribution in [0.15, 0.2) is 0 Å². The molecule has 0 saturated heterocycles. The van der Waals surface area contributed by atoms with Crippen molar-refractivity contribution in [1.29, 1.82) is 10.7 Å². The van der Waals surface area contributed by atoms with Crippen molar-refractivity contribution in [3.63, 3.8) is 0 Å². The highest BCUT2D eigenvalue weighted by Crippen LogP contribution is 1.64. The van der Waals surface area contributed by atoms with Crippen LogP contribution in [0.1, 0.15) is 6.42 Å². The number of halogens is 1. The Morgan fingerprint density at radius 3 is 2.29 bits per heavy atom. The summed E-state index contributed by atoms with van der Waals surface area (Å²) in [7, 11) is 0. The van der Waals surface area contributed by atoms with E-state index in [9.17, 15) is 5.11 Å². The van der Waals surface area contributed by atoms with Gasteiger partial charge in [0.2, 0.25) is 0 Å². The molecule has 4 heteroatoms. The first kappa shape index (κ1) is 9.54. The lowest BCUT2D eigenvalue weighted by Gasteiger charge is -1.95. The molecule has 0 aromatic carbocycles. The van der Waals surface area contributed by atoms with Crippen molar-refractivity contribution in [2.75, 3.05) is 0 Å². The van der Waals surface area contributed by atoms with Crippen LogP contribution in [0.25, 0.3) is 0 Å². The molecule has 3 nitrogen and oxygen atoms in total. The van der Waals surface area contributed by atoms with Gasteiger partial charge in [-0.2, -0.15) is 5.26 Å². The van der Waals surface area contributed by atoms with E-state index in [-0.39, 0.29) is 18.8 Å². The van der Waals surface area contributed by atoms with Crippen molar-refractivity contribution in [2.45, 2.75) is 6.42 Å². The van der Waals surface area contributed by atoms with Gasteiger partial charge in [-0.1, -0.05) is 0 Å². The molecule has 0 amide bonds. The molecule has 0 bridgehead atoms. The Labute approximate surface area is 47.5 Å². The van der Waals surface area contributed by atoms with Gasteiger partial charge in [0.1, 0.15) is 0 Å². The number of hydrogen-bond acceptors (Lipinski definition) is 3. The fraction of sp³-hybridized carbons (Fsp3) is 0.333. The molecular weight excluding hydrogens is 115 g/mol. The standard InChI is InChI=1S/C3H4N2O.ClH/c4-2-1-3(5)6;/h1H2,(H2,5,6);1H/p-1. The zero-order valence-corrected chi connectivity index (χ0v) is 4.29. The predicted molar refractivity (Wildman–Crippen MR) is 25.2 cm³/mol. The summed E-state index contributed by atoms with van der Waals surface area (Å²) in [5.41, 5.74) is 0. The molecule has 0 fully saturated rings. The number of rotatable bonds is 1. The van der Waals surface area contributed by atoms with E-state index in [0.717, 1.165) is 0 Å². The molecule has 40 valence electrons. The molecule has 0 heterocycles. The van der Waals surface area contributed by atoms with Crippen molar-refractivity contribution < 1.29 is 5.11 Å². The third-order valence-electron chi connectivity index (χ3n) is 0.240. The maximum Gasteiger partial charge on any atom is 0.0672 e. The van der Waals surface area contributed by atoms with Gasteiger partial charge in [0, 0.05) is 0 Å². The van der Waals surface area contributed by atoms with E-state index in [1.165, 1.54) is 6.07 Å². The predicted octanol–water partition coefficient (Wildman–Crippen LogP) is -0.341. The Morgan fingerprint density at radius 1 is 1.86 bits per heavy atom. The monoisotopic (exact) mass is 119 g/mol. The van der Waals surface area contributed by atoms with Gasteiger partial charge in [0.05, 0.1) is 12.5 Å². The number of nitrogens with zero attached hydrogens (tertiary/aromatic N) is 1. The third kappa shape index (κ3) is 11.0. The molecule has 7 heavy (non-hydrogen) atoms. The minimum atomic E-state index is -0.822. The van der Waals surface area contributed by atoms with E-state index in [2.05, 4.69) is 0 Å². The summed E-state index contributed by atoms with van der Waals surface area (Å²) in [6.07, 6.45) is -0.292. The molecule has 0 radical (unpaired) electrons. The third-order valence-corrected chi connectivity index (χ3v) is 0.240. The Bertz CT molecular complexity index is 95.6. The van der Waals surface area contributed by atoms with Crippen LogP contribution in [0.3, 0.4) is 0 Å². The van der Waals surface area contributed by atoms with E-state index in [4.69, 9.17) is 10.7 Å². The zero-order valence-electron chi connectivity index (χ0n) is 3.47. The molecule has 0 rings (SSSR count). The van der Waals surface area contributed by atoms with Gasteiger partial charge < -0.3 is 10.5 Å². The molecule has 0 aromatic heterocycles. The summed E-state index contributed by atoms with van der Waals surface area (Å²) in [5.74, 6) is -0.822. The minimum Gasteiger partial charge on any atom is -0.861 e. The lowest BCUT2D eigenvalue weighted by molar-refractivity contribution is -0.219. The summed E-state index contributed by atoms with van der Waals surface area (Å²) in [6, 6.07) is 1.53. The van der Waals surface area contributed by atoms with Crippen molar-refractivity contribution in [3.8, 4) is 6.07 Å². The van der Waals surface area contributed by atoms with E-state index < -0.39 is 5.90 Å². The van der Waals surface area contributed by atoms with Crippen molar-refractivity contribution in [1.82, 2.24) is 0 Å². The van der Waals surface area contributed by atoms with Gasteiger partial charge in [-0.05, 0) is 5.90 Å². The smallest absolute Gasteiger partial charge is 0.0672 e. The molecule has 0 spiro atoms. The molecule has 0 aliphatic rings. The highest BCUT2D eigenvalue weighted by atomic mass is 35.5. The molecule has 0 aliphatic carbocycles. The normalized spacial score (nSPS) is 5.57. The highest BCUT2D eigenvalue weighted by molar-refractivity contribution is 5.85. The Morgan fingerprint density at radius 2 is 2.29 bits per heavy atom. The van der Waals surface area contributed by atoms with Gasteiger partial charge in [-0.3, -0.25) is 0 Å². The zero-order chi connectivity index (χ0) is 4.99. The average Bonchev–Trinajstić information content (AvgIpc) is 1.35. The maximum absolute atomic E-state index is 9.49. The quantitative estimate of drug-likeness (QED) is 0.379. The van der Waals surface area contributed by atoms with Crippen molar-refractivity contribution in [3.05, 3.63) is 0 Å². The molecule has 0 unspecified atom stereocenters. The summed E-state index contributed by atoms with van der Waals surface area (Å²) >= 11 is 0. The van der Waals surface area contributed by atoms with E-state index in [0.29, 0.717) is 0 Å². The van der Waals surface area contributed by atoms with Crippen LogP contribution in [0.2, 0.25) is 0 Å². The largest absolute Gasteiger partial charge is 0.861 e. The first-order chi connectivity index (χ1) is 2.77. The van der Waals surface area contributed by atoms with Gasteiger partial charge in [0.25, 0.3) is 0 Å². The lowest BCUT2D eigenvalue weighted by Crippen LogP contribution is -2.13. The van der Waals surface area contributed by atoms with Crippen LogP contribution in [-0.2, 0) is 0 Å². The number of hydrogen-bond donors (Lipinski definition) is 1. The second-order valence-electron chi connectivity index (χ2n) is 0.758. The fourth-order valence-electron chi connectivity index (χ4n) is 0.0718. The van der Waals surface area contributed by atoms with Crippen LogP contribution in [0.5, 0.6) is 0 Å². The Balaban J connectivity index is 0.